The first-order chi connectivity index (χ1) is 2.64. The molecule has 0 aromatic heterocycles. The van der Waals surface area contributed by atoms with Crippen LogP contribution < -0.4 is 0 Å². The first-order valence-electron chi connectivity index (χ1n) is 1.11. The van der Waals surface area contributed by atoms with E-state index in [9.17, 15) is 0 Å². The monoisotopic (exact) mass is 232 g/mol. The number of hydrogen-bond donors (Lipinski definition) is 2. The third-order valence-corrected chi connectivity index (χ3v) is 0.183. The van der Waals surface area contributed by atoms with Crippen LogP contribution in [0, 0.1) is 0 Å². The van der Waals surface area contributed by atoms with Gasteiger partial charge in [0.2, 0.25) is 0 Å². The van der Waals surface area contributed by atoms with E-state index >= 15 is 0 Å². The summed E-state index contributed by atoms with van der Waals surface area (Å²) < 4.78 is 0. The molecule has 0 aromatic carbocycles. The van der Waals surface area contributed by atoms with Crippen molar-refractivity contribution in [1.82, 2.24) is 0 Å². The quantitative estimate of drug-likeness (QED) is 0.405. The number of hydrogen-bond acceptors (Lipinski definition) is 2. The van der Waals surface area contributed by atoms with Gasteiger partial charge in [-0.15, -0.1) is 0 Å². The first-order valence-corrected chi connectivity index (χ1v) is 1.11. The molecule has 0 bridgehead atoms. The summed E-state index contributed by atoms with van der Waals surface area (Å²) in [4.78, 5) is 18.2. The third-order valence-electron chi connectivity index (χ3n) is 0.183. The van der Waals surface area contributed by atoms with Crippen molar-refractivity contribution in [1.29, 1.82) is 0 Å². The van der Waals surface area contributed by atoms with Gasteiger partial charge in [0.25, 0.3) is 0 Å². The van der Waals surface area contributed by atoms with E-state index in [1.807, 2.05) is 0 Å². The molecule has 2 N–H and O–H groups in total. The van der Waals surface area contributed by atoms with E-state index in [0.29, 0.717) is 0 Å². The van der Waals surface area contributed by atoms with Crippen LogP contribution in [-0.2, 0) is 29.1 Å². The standard InChI is InChI=1S/C2H2O4.K.Rh/c3-1(4)2(5)6;;/h(H,3,4)(H,5,6);;. The average Bonchev–Trinajstić information content (AvgIpc) is 1.36. The maximum absolute atomic E-state index is 9.10. The summed E-state index contributed by atoms with van der Waals surface area (Å²) in [5.41, 5.74) is 0. The van der Waals surface area contributed by atoms with Gasteiger partial charge in [0, 0.05) is 70.9 Å². The van der Waals surface area contributed by atoms with Crippen LogP contribution in [0.15, 0.2) is 0 Å². The molecule has 44 valence electrons. The Labute approximate surface area is 101 Å². The summed E-state index contributed by atoms with van der Waals surface area (Å²) in [6.45, 7) is 0. The molecule has 0 unspecified atom stereocenters. The normalized spacial score (nSPS) is 5.50. The van der Waals surface area contributed by atoms with Crippen molar-refractivity contribution in [2.75, 3.05) is 0 Å². The fourth-order valence-electron chi connectivity index (χ4n) is 0. The van der Waals surface area contributed by atoms with E-state index in [1.165, 1.54) is 0 Å². The molecular weight excluding hydrogens is 230 g/mol. The summed E-state index contributed by atoms with van der Waals surface area (Å²) in [5, 5.41) is 14.8. The first kappa shape index (κ1) is 16.1. The molecule has 4 nitrogen and oxygen atoms in total. The molecule has 0 aliphatic carbocycles. The van der Waals surface area contributed by atoms with Crippen molar-refractivity contribution < 1.29 is 39.3 Å². The molecule has 2 radical (unpaired) electrons. The van der Waals surface area contributed by atoms with E-state index < -0.39 is 11.9 Å². The van der Waals surface area contributed by atoms with Crippen molar-refractivity contribution in [2.45, 2.75) is 0 Å². The largest absolute Gasteiger partial charge is 0.473 e. The molecule has 0 spiro atoms. The molecule has 0 aliphatic rings. The minimum atomic E-state index is -1.82. The van der Waals surface area contributed by atoms with Gasteiger partial charge in [0.05, 0.1) is 0 Å². The summed E-state index contributed by atoms with van der Waals surface area (Å²) in [5.74, 6) is -3.65. The minimum Gasteiger partial charge on any atom is -0.473 e. The second kappa shape index (κ2) is 8.20. The topological polar surface area (TPSA) is 74.6 Å². The van der Waals surface area contributed by atoms with Gasteiger partial charge in [-0.25, -0.2) is 9.59 Å². The summed E-state index contributed by atoms with van der Waals surface area (Å²) in [7, 11) is 0. The average molecular weight is 232 g/mol. The molecule has 0 fully saturated rings. The van der Waals surface area contributed by atoms with Crippen molar-refractivity contribution in [3.63, 3.8) is 0 Å². The van der Waals surface area contributed by atoms with Crippen molar-refractivity contribution in [2.24, 2.45) is 0 Å². The zero-order valence-corrected chi connectivity index (χ0v) is 8.81. The Morgan fingerprint density at radius 3 is 1.12 bits per heavy atom. The van der Waals surface area contributed by atoms with Crippen LogP contribution in [0.2, 0.25) is 0 Å². The van der Waals surface area contributed by atoms with Crippen molar-refractivity contribution in [3.8, 4) is 0 Å². The third kappa shape index (κ3) is 10.2. The fraction of sp³-hybridized carbons (Fsp3) is 0. The zero-order chi connectivity index (χ0) is 5.15. The number of carboxylic acid groups (broad SMARTS) is 2. The smallest absolute Gasteiger partial charge is 0.414 e. The van der Waals surface area contributed by atoms with Crippen LogP contribution in [0.1, 0.15) is 0 Å². The molecule has 0 aliphatic heterocycles. The summed E-state index contributed by atoms with van der Waals surface area (Å²) in [6.07, 6.45) is 0. The predicted molar refractivity (Wildman–Crippen MR) is 21.0 cm³/mol. The Balaban J connectivity index is -0.000000125. The number of rotatable bonds is 0. The molecule has 0 aromatic rings. The van der Waals surface area contributed by atoms with Gasteiger partial charge in [0.1, 0.15) is 0 Å². The predicted octanol–water partition coefficient (Wildman–Crippen LogP) is -1.23. The molecule has 0 heterocycles. The molecule has 0 amide bonds. The van der Waals surface area contributed by atoms with Crippen molar-refractivity contribution in [3.05, 3.63) is 0 Å². The minimum absolute atomic E-state index is 0. The van der Waals surface area contributed by atoms with E-state index in [4.69, 9.17) is 19.8 Å². The molecule has 8 heavy (non-hydrogen) atoms. The molecule has 0 rings (SSSR count). The molecular formula is C2H2KO4Rh. The van der Waals surface area contributed by atoms with E-state index in [0.717, 1.165) is 0 Å². The van der Waals surface area contributed by atoms with E-state index in [2.05, 4.69) is 0 Å². The van der Waals surface area contributed by atoms with Gasteiger partial charge in [-0.2, -0.15) is 0 Å². The van der Waals surface area contributed by atoms with Gasteiger partial charge >= 0.3 is 11.9 Å². The number of carbonyl (C=O) groups is 2. The zero-order valence-electron chi connectivity index (χ0n) is 4.04. The number of aliphatic carboxylic acids is 2. The molecule has 6 heteroatoms. The van der Waals surface area contributed by atoms with Crippen molar-refractivity contribution >= 4 is 63.3 Å². The summed E-state index contributed by atoms with van der Waals surface area (Å²) in [6, 6.07) is 0. The molecule has 0 atom stereocenters. The van der Waals surface area contributed by atoms with Crippen LogP contribution in [0.5, 0.6) is 0 Å². The SMILES string of the molecule is O=C(O)C(=O)O.[K].[Rh]. The Hall–Kier alpha value is 1.20. The fourth-order valence-corrected chi connectivity index (χ4v) is 0. The maximum Gasteiger partial charge on any atom is 0.414 e. The molecule has 0 saturated heterocycles. The van der Waals surface area contributed by atoms with E-state index in [-0.39, 0.29) is 70.9 Å². The van der Waals surface area contributed by atoms with Crippen LogP contribution in [0.25, 0.3) is 0 Å². The van der Waals surface area contributed by atoms with Crippen LogP contribution in [-0.4, -0.2) is 73.5 Å². The van der Waals surface area contributed by atoms with Crippen LogP contribution >= 0.6 is 0 Å². The number of carboxylic acids is 2. The van der Waals surface area contributed by atoms with Gasteiger partial charge in [-0.05, 0) is 0 Å². The second-order valence-corrected chi connectivity index (χ2v) is 0.610. The Morgan fingerprint density at radius 1 is 1.00 bits per heavy atom. The maximum atomic E-state index is 9.10. The van der Waals surface area contributed by atoms with Gasteiger partial charge in [-0.1, -0.05) is 0 Å². The molecule has 0 saturated carbocycles. The Bertz CT molecular complexity index is 80.0. The second-order valence-electron chi connectivity index (χ2n) is 0.610. The van der Waals surface area contributed by atoms with Crippen LogP contribution in [0.3, 0.4) is 0 Å². The Kier molecular flexibility index (Phi) is 16.5. The summed E-state index contributed by atoms with van der Waals surface area (Å²) >= 11 is 0. The van der Waals surface area contributed by atoms with Gasteiger partial charge in [-0.3, -0.25) is 0 Å². The Morgan fingerprint density at radius 2 is 1.12 bits per heavy atom. The van der Waals surface area contributed by atoms with E-state index in [1.54, 1.807) is 0 Å². The van der Waals surface area contributed by atoms with Crippen LogP contribution in [0.4, 0.5) is 0 Å². The van der Waals surface area contributed by atoms with Gasteiger partial charge in [0.15, 0.2) is 0 Å². The van der Waals surface area contributed by atoms with Gasteiger partial charge < -0.3 is 10.2 Å².